The summed E-state index contributed by atoms with van der Waals surface area (Å²) in [5.41, 5.74) is 1.60. The van der Waals surface area contributed by atoms with Crippen molar-refractivity contribution in [2.75, 3.05) is 12.4 Å². The van der Waals surface area contributed by atoms with Gasteiger partial charge < -0.3 is 10.2 Å². The highest BCUT2D eigenvalue weighted by molar-refractivity contribution is 7.80. The van der Waals surface area contributed by atoms with Gasteiger partial charge in [0.1, 0.15) is 5.82 Å². The molecule has 1 N–H and O–H groups in total. The van der Waals surface area contributed by atoms with Gasteiger partial charge in [0.2, 0.25) is 0 Å². The summed E-state index contributed by atoms with van der Waals surface area (Å²) < 4.78 is 13.5. The van der Waals surface area contributed by atoms with E-state index in [-0.39, 0.29) is 5.82 Å². The molecule has 0 aliphatic rings. The molecule has 1 heterocycles. The molecule has 0 fully saturated rings. The molecule has 0 radical (unpaired) electrons. The van der Waals surface area contributed by atoms with Crippen LogP contribution in [0.2, 0.25) is 0 Å². The Bertz CT molecular complexity index is 526. The first-order chi connectivity index (χ1) is 8.66. The molecule has 94 valence electrons. The smallest absolute Gasteiger partial charge is 0.173 e. The monoisotopic (exact) mass is 280 g/mol. The van der Waals surface area contributed by atoms with Gasteiger partial charge in [-0.2, -0.15) is 11.3 Å². The third-order valence-corrected chi connectivity index (χ3v) is 3.61. The van der Waals surface area contributed by atoms with Crippen molar-refractivity contribution >= 4 is 34.4 Å². The highest BCUT2D eigenvalue weighted by Gasteiger charge is 2.08. The fourth-order valence-corrected chi connectivity index (χ4v) is 2.34. The molecule has 0 saturated carbocycles. The number of anilines is 1. The molecule has 0 saturated heterocycles. The largest absolute Gasteiger partial charge is 0.348 e. The first kappa shape index (κ1) is 13.0. The van der Waals surface area contributed by atoms with Crippen molar-refractivity contribution in [2.45, 2.75) is 6.54 Å². The number of benzene rings is 1. The van der Waals surface area contributed by atoms with Crippen LogP contribution in [-0.4, -0.2) is 17.1 Å². The topological polar surface area (TPSA) is 15.3 Å². The van der Waals surface area contributed by atoms with Crippen LogP contribution in [0.5, 0.6) is 0 Å². The van der Waals surface area contributed by atoms with Crippen LogP contribution < -0.4 is 5.32 Å². The molecule has 2 nitrogen and oxygen atoms in total. The van der Waals surface area contributed by atoms with E-state index in [1.165, 1.54) is 11.6 Å². The fourth-order valence-electron chi connectivity index (χ4n) is 1.50. The Hall–Kier alpha value is -1.46. The second-order valence-corrected chi connectivity index (χ2v) is 5.06. The second kappa shape index (κ2) is 5.93. The lowest BCUT2D eigenvalue weighted by Gasteiger charge is -2.20. The SMILES string of the molecule is CN(Cc1ccsc1)C(=S)Nc1ccccc1F. The Morgan fingerprint density at radius 1 is 1.39 bits per heavy atom. The highest BCUT2D eigenvalue weighted by Crippen LogP contribution is 2.14. The molecule has 0 atom stereocenters. The molecule has 1 aromatic carbocycles. The van der Waals surface area contributed by atoms with Gasteiger partial charge in [-0.3, -0.25) is 0 Å². The van der Waals surface area contributed by atoms with Crippen LogP contribution in [0.3, 0.4) is 0 Å². The molecule has 18 heavy (non-hydrogen) atoms. The molecule has 0 unspecified atom stereocenters. The molecule has 0 spiro atoms. The van der Waals surface area contributed by atoms with Crippen LogP contribution in [0.25, 0.3) is 0 Å². The maximum atomic E-state index is 13.5. The van der Waals surface area contributed by atoms with E-state index in [9.17, 15) is 4.39 Å². The molecule has 2 aromatic rings. The number of para-hydroxylation sites is 1. The number of nitrogens with zero attached hydrogens (tertiary/aromatic N) is 1. The van der Waals surface area contributed by atoms with Gasteiger partial charge in [-0.1, -0.05) is 12.1 Å². The molecule has 2 rings (SSSR count). The van der Waals surface area contributed by atoms with Crippen LogP contribution in [0.15, 0.2) is 41.1 Å². The summed E-state index contributed by atoms with van der Waals surface area (Å²) in [6, 6.07) is 8.54. The minimum Gasteiger partial charge on any atom is -0.348 e. The Morgan fingerprint density at radius 3 is 2.83 bits per heavy atom. The van der Waals surface area contributed by atoms with E-state index in [1.807, 2.05) is 23.4 Å². The quantitative estimate of drug-likeness (QED) is 0.863. The third kappa shape index (κ3) is 3.27. The van der Waals surface area contributed by atoms with E-state index < -0.39 is 0 Å². The van der Waals surface area contributed by atoms with E-state index in [4.69, 9.17) is 12.2 Å². The molecular weight excluding hydrogens is 267 g/mol. The van der Waals surface area contributed by atoms with E-state index in [0.29, 0.717) is 17.3 Å². The molecule has 0 bridgehead atoms. The second-order valence-electron chi connectivity index (χ2n) is 3.90. The number of hydrogen-bond acceptors (Lipinski definition) is 2. The number of halogens is 1. The molecule has 0 aliphatic carbocycles. The average Bonchev–Trinajstić information content (AvgIpc) is 2.84. The summed E-state index contributed by atoms with van der Waals surface area (Å²) in [4.78, 5) is 1.88. The normalized spacial score (nSPS) is 10.1. The van der Waals surface area contributed by atoms with Crippen molar-refractivity contribution in [3.05, 3.63) is 52.5 Å². The number of rotatable bonds is 3. The lowest BCUT2D eigenvalue weighted by atomic mass is 10.3. The van der Waals surface area contributed by atoms with E-state index in [0.717, 1.165) is 0 Å². The van der Waals surface area contributed by atoms with Crippen LogP contribution in [0.4, 0.5) is 10.1 Å². The molecule has 0 amide bonds. The van der Waals surface area contributed by atoms with Crippen LogP contribution in [-0.2, 0) is 6.54 Å². The summed E-state index contributed by atoms with van der Waals surface area (Å²) in [7, 11) is 1.88. The summed E-state index contributed by atoms with van der Waals surface area (Å²) >= 11 is 6.89. The molecule has 5 heteroatoms. The lowest BCUT2D eigenvalue weighted by molar-refractivity contribution is 0.509. The predicted octanol–water partition coefficient (Wildman–Crippen LogP) is 3.72. The number of thiophene rings is 1. The highest BCUT2D eigenvalue weighted by atomic mass is 32.1. The van der Waals surface area contributed by atoms with Crippen LogP contribution in [0, 0.1) is 5.82 Å². The number of thiocarbonyl (C=S) groups is 1. The lowest BCUT2D eigenvalue weighted by Crippen LogP contribution is -2.30. The minimum absolute atomic E-state index is 0.302. The van der Waals surface area contributed by atoms with Crippen molar-refractivity contribution < 1.29 is 4.39 Å². The van der Waals surface area contributed by atoms with Crippen molar-refractivity contribution in [1.29, 1.82) is 0 Å². The van der Waals surface area contributed by atoms with Crippen molar-refractivity contribution in [1.82, 2.24) is 4.90 Å². The minimum atomic E-state index is -0.302. The molecule has 0 aliphatic heterocycles. The van der Waals surface area contributed by atoms with Crippen molar-refractivity contribution in [3.63, 3.8) is 0 Å². The van der Waals surface area contributed by atoms with Crippen LogP contribution >= 0.6 is 23.6 Å². The Balaban J connectivity index is 1.98. The summed E-state index contributed by atoms with van der Waals surface area (Å²) in [6.07, 6.45) is 0. The zero-order valence-electron chi connectivity index (χ0n) is 9.89. The Morgan fingerprint density at radius 2 is 2.17 bits per heavy atom. The number of hydrogen-bond donors (Lipinski definition) is 1. The van der Waals surface area contributed by atoms with E-state index in [2.05, 4.69) is 10.7 Å². The maximum absolute atomic E-state index is 13.5. The third-order valence-electron chi connectivity index (χ3n) is 2.46. The van der Waals surface area contributed by atoms with Gasteiger partial charge in [0.15, 0.2) is 5.11 Å². The zero-order valence-corrected chi connectivity index (χ0v) is 11.5. The standard InChI is InChI=1S/C13H13FN2S2/c1-16(8-10-6-7-18-9-10)13(17)15-12-5-3-2-4-11(12)14/h2-7,9H,8H2,1H3,(H,15,17). The van der Waals surface area contributed by atoms with Crippen molar-refractivity contribution in [3.8, 4) is 0 Å². The zero-order chi connectivity index (χ0) is 13.0. The van der Waals surface area contributed by atoms with Gasteiger partial charge in [0, 0.05) is 13.6 Å². The van der Waals surface area contributed by atoms with Gasteiger partial charge in [0.25, 0.3) is 0 Å². The summed E-state index contributed by atoms with van der Waals surface area (Å²) in [5, 5.41) is 7.51. The first-order valence-electron chi connectivity index (χ1n) is 5.44. The van der Waals surface area contributed by atoms with E-state index in [1.54, 1.807) is 29.5 Å². The van der Waals surface area contributed by atoms with Crippen molar-refractivity contribution in [2.24, 2.45) is 0 Å². The van der Waals surface area contributed by atoms with Gasteiger partial charge in [-0.25, -0.2) is 4.39 Å². The van der Waals surface area contributed by atoms with Gasteiger partial charge >= 0.3 is 0 Å². The predicted molar refractivity (Wildman–Crippen MR) is 78.4 cm³/mol. The van der Waals surface area contributed by atoms with E-state index >= 15 is 0 Å². The Kier molecular flexibility index (Phi) is 4.28. The van der Waals surface area contributed by atoms with Gasteiger partial charge in [-0.15, -0.1) is 0 Å². The van der Waals surface area contributed by atoms with Gasteiger partial charge in [0.05, 0.1) is 5.69 Å². The molecule has 1 aromatic heterocycles. The maximum Gasteiger partial charge on any atom is 0.173 e. The average molecular weight is 280 g/mol. The molecular formula is C13H13FN2S2. The van der Waals surface area contributed by atoms with Crippen LogP contribution in [0.1, 0.15) is 5.56 Å². The summed E-state index contributed by atoms with van der Waals surface area (Å²) in [6.45, 7) is 0.712. The number of nitrogens with one attached hydrogen (secondary N) is 1. The van der Waals surface area contributed by atoms with Gasteiger partial charge in [-0.05, 0) is 46.7 Å². The summed E-state index contributed by atoms with van der Waals surface area (Å²) in [5.74, 6) is -0.302. The first-order valence-corrected chi connectivity index (χ1v) is 6.79. The Labute approximate surface area is 115 Å². The fraction of sp³-hybridized carbons (Fsp3) is 0.154.